The minimum absolute atomic E-state index is 0.354. The largest absolute Gasteiger partial charge is 0.372 e. The third-order valence-corrected chi connectivity index (χ3v) is 2.43. The van der Waals surface area contributed by atoms with Gasteiger partial charge in [0.1, 0.15) is 5.78 Å². The molecule has 0 amide bonds. The predicted octanol–water partition coefficient (Wildman–Crippen LogP) is 1.33. The number of nitrogens with zero attached hydrogens (tertiary/aromatic N) is 1. The molecule has 2 nitrogen and oxygen atoms in total. The number of ketones is 1. The van der Waals surface area contributed by atoms with E-state index in [1.165, 1.54) is 12.8 Å². The second kappa shape index (κ2) is 2.36. The minimum atomic E-state index is 0.354. The Hall–Kier alpha value is -0.790. The van der Waals surface area contributed by atoms with Crippen molar-refractivity contribution in [3.63, 3.8) is 0 Å². The standard InChI is InChI=1S/C9H13NO/c1-7-6-9(11)4-5-10(7)8-2-3-8/h8H,1-6H2. The lowest BCUT2D eigenvalue weighted by Gasteiger charge is -2.30. The number of Topliss-reactive ketones (excluding diaryl/α,β-unsaturated/α-hetero) is 1. The molecule has 0 aromatic carbocycles. The van der Waals surface area contributed by atoms with Gasteiger partial charge >= 0.3 is 0 Å². The van der Waals surface area contributed by atoms with Gasteiger partial charge < -0.3 is 4.90 Å². The van der Waals surface area contributed by atoms with Crippen LogP contribution < -0.4 is 0 Å². The van der Waals surface area contributed by atoms with Crippen LogP contribution in [0.15, 0.2) is 12.3 Å². The van der Waals surface area contributed by atoms with Crippen LogP contribution in [-0.2, 0) is 4.79 Å². The summed E-state index contributed by atoms with van der Waals surface area (Å²) >= 11 is 0. The summed E-state index contributed by atoms with van der Waals surface area (Å²) in [6.45, 7) is 4.83. The molecule has 0 aromatic rings. The summed E-state index contributed by atoms with van der Waals surface area (Å²) in [4.78, 5) is 13.3. The van der Waals surface area contributed by atoms with Gasteiger partial charge in [0.25, 0.3) is 0 Å². The van der Waals surface area contributed by atoms with E-state index in [4.69, 9.17) is 0 Å². The van der Waals surface area contributed by atoms with Crippen LogP contribution in [0.2, 0.25) is 0 Å². The number of carbonyl (C=O) groups excluding carboxylic acids is 1. The molecule has 1 saturated heterocycles. The summed E-state index contributed by atoms with van der Waals surface area (Å²) in [7, 11) is 0. The van der Waals surface area contributed by atoms with E-state index in [1.54, 1.807) is 0 Å². The molecule has 0 aromatic heterocycles. The highest BCUT2D eigenvalue weighted by Gasteiger charge is 2.32. The lowest BCUT2D eigenvalue weighted by atomic mass is 10.1. The van der Waals surface area contributed by atoms with Crippen molar-refractivity contribution in [2.75, 3.05) is 6.54 Å². The van der Waals surface area contributed by atoms with Crippen molar-refractivity contribution in [3.05, 3.63) is 12.3 Å². The quantitative estimate of drug-likeness (QED) is 0.563. The Kier molecular flexibility index (Phi) is 1.48. The molecule has 0 N–H and O–H groups in total. The zero-order valence-corrected chi connectivity index (χ0v) is 6.68. The monoisotopic (exact) mass is 151 g/mol. The molecule has 0 bridgehead atoms. The second-order valence-corrected chi connectivity index (χ2v) is 3.46. The lowest BCUT2D eigenvalue weighted by Crippen LogP contribution is -2.33. The maximum Gasteiger partial charge on any atom is 0.140 e. The molecule has 1 aliphatic carbocycles. The van der Waals surface area contributed by atoms with Crippen molar-refractivity contribution in [1.82, 2.24) is 4.90 Å². The smallest absolute Gasteiger partial charge is 0.140 e. The molecule has 60 valence electrons. The first-order chi connectivity index (χ1) is 5.27. The lowest BCUT2D eigenvalue weighted by molar-refractivity contribution is -0.120. The van der Waals surface area contributed by atoms with Gasteiger partial charge in [0.15, 0.2) is 0 Å². The Morgan fingerprint density at radius 2 is 2.18 bits per heavy atom. The first-order valence-corrected chi connectivity index (χ1v) is 4.23. The number of carbonyl (C=O) groups is 1. The van der Waals surface area contributed by atoms with E-state index in [9.17, 15) is 4.79 Å². The maximum atomic E-state index is 11.0. The molecule has 0 unspecified atom stereocenters. The number of hydrogen-bond donors (Lipinski definition) is 0. The van der Waals surface area contributed by atoms with E-state index in [-0.39, 0.29) is 0 Å². The third-order valence-electron chi connectivity index (χ3n) is 2.43. The van der Waals surface area contributed by atoms with Gasteiger partial charge in [-0.15, -0.1) is 0 Å². The zero-order valence-electron chi connectivity index (χ0n) is 6.68. The van der Waals surface area contributed by atoms with Crippen LogP contribution in [0, 0.1) is 0 Å². The van der Waals surface area contributed by atoms with Crippen LogP contribution in [0.5, 0.6) is 0 Å². The van der Waals surface area contributed by atoms with E-state index < -0.39 is 0 Å². The third kappa shape index (κ3) is 1.30. The van der Waals surface area contributed by atoms with Crippen molar-refractivity contribution in [1.29, 1.82) is 0 Å². The van der Waals surface area contributed by atoms with E-state index in [2.05, 4.69) is 11.5 Å². The van der Waals surface area contributed by atoms with E-state index in [1.807, 2.05) is 0 Å². The average molecular weight is 151 g/mol. The van der Waals surface area contributed by atoms with Gasteiger partial charge in [-0.1, -0.05) is 6.58 Å². The molecule has 11 heavy (non-hydrogen) atoms. The van der Waals surface area contributed by atoms with Crippen LogP contribution in [0.4, 0.5) is 0 Å². The van der Waals surface area contributed by atoms with Gasteiger partial charge in [-0.05, 0) is 12.8 Å². The first-order valence-electron chi connectivity index (χ1n) is 4.23. The first kappa shape index (κ1) is 6.89. The van der Waals surface area contributed by atoms with Crippen LogP contribution in [0.3, 0.4) is 0 Å². The number of rotatable bonds is 1. The summed E-state index contributed by atoms with van der Waals surface area (Å²) in [6.07, 6.45) is 3.92. The van der Waals surface area contributed by atoms with Crippen LogP contribution in [0.1, 0.15) is 25.7 Å². The summed E-state index contributed by atoms with van der Waals surface area (Å²) in [5.74, 6) is 0.354. The van der Waals surface area contributed by atoms with Crippen LogP contribution in [0.25, 0.3) is 0 Å². The topological polar surface area (TPSA) is 20.3 Å². The molecule has 1 heterocycles. The highest BCUT2D eigenvalue weighted by Crippen LogP contribution is 2.32. The molecular weight excluding hydrogens is 138 g/mol. The number of piperidine rings is 1. The van der Waals surface area contributed by atoms with Gasteiger partial charge in [0.2, 0.25) is 0 Å². The van der Waals surface area contributed by atoms with E-state index in [0.717, 1.165) is 24.7 Å². The van der Waals surface area contributed by atoms with Gasteiger partial charge in [-0.3, -0.25) is 4.79 Å². The van der Waals surface area contributed by atoms with Crippen molar-refractivity contribution in [2.24, 2.45) is 0 Å². The Labute approximate surface area is 66.9 Å². The van der Waals surface area contributed by atoms with Crippen molar-refractivity contribution < 1.29 is 4.79 Å². The molecule has 0 spiro atoms. The van der Waals surface area contributed by atoms with Gasteiger partial charge in [-0.2, -0.15) is 0 Å². The fraction of sp³-hybridized carbons (Fsp3) is 0.667. The Morgan fingerprint density at radius 1 is 1.45 bits per heavy atom. The number of allylic oxidation sites excluding steroid dienone is 1. The Morgan fingerprint density at radius 3 is 2.73 bits per heavy atom. The summed E-state index contributed by atoms with van der Waals surface area (Å²) in [5, 5.41) is 0. The van der Waals surface area contributed by atoms with Gasteiger partial charge in [0, 0.05) is 31.1 Å². The van der Waals surface area contributed by atoms with Crippen LogP contribution in [-0.4, -0.2) is 23.3 Å². The summed E-state index contributed by atoms with van der Waals surface area (Å²) < 4.78 is 0. The van der Waals surface area contributed by atoms with Gasteiger partial charge in [-0.25, -0.2) is 0 Å². The highest BCUT2D eigenvalue weighted by atomic mass is 16.1. The molecule has 2 heteroatoms. The predicted molar refractivity (Wildman–Crippen MR) is 43.1 cm³/mol. The molecule has 1 aliphatic heterocycles. The second-order valence-electron chi connectivity index (χ2n) is 3.46. The molecule has 2 aliphatic rings. The molecule has 1 saturated carbocycles. The fourth-order valence-corrected chi connectivity index (χ4v) is 1.65. The molecular formula is C9H13NO. The van der Waals surface area contributed by atoms with Crippen molar-refractivity contribution >= 4 is 5.78 Å². The normalized spacial score (nSPS) is 26.0. The number of likely N-dealkylation sites (tertiary alicyclic amines) is 1. The van der Waals surface area contributed by atoms with Gasteiger partial charge in [0.05, 0.1) is 0 Å². The maximum absolute atomic E-state index is 11.0. The van der Waals surface area contributed by atoms with Crippen molar-refractivity contribution in [2.45, 2.75) is 31.7 Å². The average Bonchev–Trinajstić information content (AvgIpc) is 2.70. The summed E-state index contributed by atoms with van der Waals surface area (Å²) in [6, 6.07) is 0.732. The molecule has 0 atom stereocenters. The van der Waals surface area contributed by atoms with Crippen molar-refractivity contribution in [3.8, 4) is 0 Å². The van der Waals surface area contributed by atoms with E-state index >= 15 is 0 Å². The van der Waals surface area contributed by atoms with Crippen LogP contribution >= 0.6 is 0 Å². The van der Waals surface area contributed by atoms with E-state index in [0.29, 0.717) is 12.2 Å². The molecule has 2 rings (SSSR count). The zero-order chi connectivity index (χ0) is 7.84. The minimum Gasteiger partial charge on any atom is -0.372 e. The highest BCUT2D eigenvalue weighted by molar-refractivity contribution is 5.81. The Bertz CT molecular complexity index is 206. The number of hydrogen-bond acceptors (Lipinski definition) is 2. The summed E-state index contributed by atoms with van der Waals surface area (Å²) in [5.41, 5.74) is 1.05. The fourth-order valence-electron chi connectivity index (χ4n) is 1.65. The molecule has 2 fully saturated rings. The molecule has 0 radical (unpaired) electrons. The SMILES string of the molecule is C=C1CC(=O)CCN1C1CC1. The Balaban J connectivity index is 2.00.